The van der Waals surface area contributed by atoms with Crippen molar-refractivity contribution in [2.45, 2.75) is 0 Å². The minimum absolute atomic E-state index is 0.130. The maximum Gasteiger partial charge on any atom is 0.195 e. The fourth-order valence-electron chi connectivity index (χ4n) is 2.64. The summed E-state index contributed by atoms with van der Waals surface area (Å²) in [4.78, 5) is 25.1. The molecular weight excluding hydrogens is 374 g/mol. The Balaban J connectivity index is 1.78. The van der Waals surface area contributed by atoms with Crippen LogP contribution < -0.4 is 10.1 Å². The second-order valence-electron chi connectivity index (χ2n) is 5.96. The molecule has 0 radical (unpaired) electrons. The Hall–Kier alpha value is -3.37. The summed E-state index contributed by atoms with van der Waals surface area (Å²) >= 11 is 6.08. The van der Waals surface area contributed by atoms with Gasteiger partial charge in [-0.15, -0.1) is 0 Å². The van der Waals surface area contributed by atoms with Crippen molar-refractivity contribution in [2.24, 2.45) is 0 Å². The molecule has 0 bridgehead atoms. The van der Waals surface area contributed by atoms with E-state index in [0.717, 1.165) is 0 Å². The molecule has 3 aromatic rings. The molecule has 140 valence electrons. The Kier molecular flexibility index (Phi) is 6.25. The molecule has 0 saturated heterocycles. The van der Waals surface area contributed by atoms with Crippen molar-refractivity contribution in [2.75, 3.05) is 12.4 Å². The number of methoxy groups -OCH3 is 1. The van der Waals surface area contributed by atoms with Gasteiger partial charge >= 0.3 is 0 Å². The number of halogens is 1. The van der Waals surface area contributed by atoms with Crippen molar-refractivity contribution < 1.29 is 14.3 Å². The van der Waals surface area contributed by atoms with E-state index in [4.69, 9.17) is 16.3 Å². The minimum atomic E-state index is -0.173. The molecule has 0 aliphatic carbocycles. The molecule has 0 amide bonds. The lowest BCUT2D eigenvalue weighted by Gasteiger charge is -2.09. The van der Waals surface area contributed by atoms with Gasteiger partial charge in [-0.05, 0) is 42.5 Å². The summed E-state index contributed by atoms with van der Waals surface area (Å²) in [6.07, 6.45) is 2.90. The Morgan fingerprint density at radius 2 is 1.64 bits per heavy atom. The van der Waals surface area contributed by atoms with Crippen LogP contribution in [0.1, 0.15) is 26.3 Å². The molecule has 5 heteroatoms. The molecule has 28 heavy (non-hydrogen) atoms. The first-order chi connectivity index (χ1) is 13.6. The first-order valence-corrected chi connectivity index (χ1v) is 8.97. The topological polar surface area (TPSA) is 55.4 Å². The molecule has 3 rings (SSSR count). The van der Waals surface area contributed by atoms with Crippen LogP contribution in [-0.4, -0.2) is 18.7 Å². The lowest BCUT2D eigenvalue weighted by molar-refractivity contribution is 0.103. The molecule has 4 nitrogen and oxygen atoms in total. The van der Waals surface area contributed by atoms with Gasteiger partial charge in [0.15, 0.2) is 11.6 Å². The summed E-state index contributed by atoms with van der Waals surface area (Å²) in [7, 11) is 1.57. The number of hydrogen-bond donors (Lipinski definition) is 1. The van der Waals surface area contributed by atoms with E-state index in [1.807, 2.05) is 18.2 Å². The zero-order chi connectivity index (χ0) is 19.9. The lowest BCUT2D eigenvalue weighted by Crippen LogP contribution is -2.05. The summed E-state index contributed by atoms with van der Waals surface area (Å²) in [6.45, 7) is 0. The van der Waals surface area contributed by atoms with Gasteiger partial charge in [-0.2, -0.15) is 0 Å². The van der Waals surface area contributed by atoms with Gasteiger partial charge in [0.25, 0.3) is 0 Å². The molecule has 0 aromatic heterocycles. The van der Waals surface area contributed by atoms with Gasteiger partial charge < -0.3 is 10.1 Å². The highest BCUT2D eigenvalue weighted by Gasteiger charge is 2.13. The summed E-state index contributed by atoms with van der Waals surface area (Å²) in [6, 6.07) is 20.8. The molecular formula is C23H18ClNO3. The summed E-state index contributed by atoms with van der Waals surface area (Å²) in [5.74, 6) is 0.379. The molecule has 0 aliphatic heterocycles. The number of hydrogen-bond acceptors (Lipinski definition) is 4. The van der Waals surface area contributed by atoms with E-state index in [2.05, 4.69) is 5.32 Å². The second kappa shape index (κ2) is 9.02. The maximum atomic E-state index is 12.8. The molecule has 0 heterocycles. The third-order valence-corrected chi connectivity index (χ3v) is 4.35. The molecule has 0 unspecified atom stereocenters. The quantitative estimate of drug-likeness (QED) is 0.433. The van der Waals surface area contributed by atoms with Crippen LogP contribution in [0.2, 0.25) is 5.02 Å². The van der Waals surface area contributed by atoms with Crippen molar-refractivity contribution in [3.8, 4) is 5.75 Å². The molecule has 0 fully saturated rings. The Labute approximate surface area is 168 Å². The van der Waals surface area contributed by atoms with Gasteiger partial charge in [0.05, 0.1) is 12.8 Å². The summed E-state index contributed by atoms with van der Waals surface area (Å²) in [5, 5.41) is 3.48. The maximum absolute atomic E-state index is 12.8. The number of nitrogens with one attached hydrogen (secondary N) is 1. The van der Waals surface area contributed by atoms with Crippen molar-refractivity contribution in [3.63, 3.8) is 0 Å². The van der Waals surface area contributed by atoms with Crippen LogP contribution in [0.5, 0.6) is 5.75 Å². The third kappa shape index (κ3) is 4.67. The summed E-state index contributed by atoms with van der Waals surface area (Å²) in [5.41, 5.74) is 2.11. The highest BCUT2D eigenvalue weighted by atomic mass is 35.5. The van der Waals surface area contributed by atoms with E-state index in [1.165, 1.54) is 12.3 Å². The van der Waals surface area contributed by atoms with E-state index in [1.54, 1.807) is 61.7 Å². The van der Waals surface area contributed by atoms with E-state index in [9.17, 15) is 9.59 Å². The normalized spacial score (nSPS) is 10.6. The van der Waals surface area contributed by atoms with Crippen LogP contribution >= 0.6 is 11.6 Å². The molecule has 0 spiro atoms. The standard InChI is InChI=1S/C23H18ClNO3/c1-28-19-10-7-16(8-11-19)22(26)13-14-25-21-15-18(24)9-12-20(21)23(27)17-5-3-2-4-6-17/h2-15,25H,1H3. The molecule has 0 atom stereocenters. The SMILES string of the molecule is COc1ccc(C(=O)C=CNc2cc(Cl)ccc2C(=O)c2ccccc2)cc1. The Morgan fingerprint density at radius 3 is 2.32 bits per heavy atom. The van der Waals surface area contributed by atoms with Gasteiger partial charge in [-0.25, -0.2) is 0 Å². The zero-order valence-corrected chi connectivity index (χ0v) is 15.9. The van der Waals surface area contributed by atoms with Crippen LogP contribution in [0.3, 0.4) is 0 Å². The van der Waals surface area contributed by atoms with Crippen LogP contribution in [0.25, 0.3) is 0 Å². The highest BCUT2D eigenvalue weighted by Crippen LogP contribution is 2.24. The van der Waals surface area contributed by atoms with E-state index >= 15 is 0 Å². The van der Waals surface area contributed by atoms with Gasteiger partial charge in [0.2, 0.25) is 0 Å². The first kappa shape index (κ1) is 19.4. The molecule has 3 aromatic carbocycles. The zero-order valence-electron chi connectivity index (χ0n) is 15.2. The molecule has 0 saturated carbocycles. The Bertz CT molecular complexity index is 1010. The fourth-order valence-corrected chi connectivity index (χ4v) is 2.81. The van der Waals surface area contributed by atoms with Gasteiger partial charge in [-0.1, -0.05) is 41.9 Å². The van der Waals surface area contributed by atoms with E-state index in [0.29, 0.717) is 33.1 Å². The van der Waals surface area contributed by atoms with Crippen molar-refractivity contribution in [1.29, 1.82) is 0 Å². The van der Waals surface area contributed by atoms with Crippen LogP contribution in [0.15, 0.2) is 85.1 Å². The van der Waals surface area contributed by atoms with Gasteiger partial charge in [0, 0.05) is 34.0 Å². The number of benzene rings is 3. The van der Waals surface area contributed by atoms with Gasteiger partial charge in [-0.3, -0.25) is 9.59 Å². The summed E-state index contributed by atoms with van der Waals surface area (Å²) < 4.78 is 5.09. The average molecular weight is 392 g/mol. The van der Waals surface area contributed by atoms with Crippen LogP contribution in [0.4, 0.5) is 5.69 Å². The van der Waals surface area contributed by atoms with Crippen molar-refractivity contribution in [1.82, 2.24) is 0 Å². The predicted molar refractivity (Wildman–Crippen MR) is 111 cm³/mol. The number of ether oxygens (including phenoxy) is 1. The molecule has 1 N–H and O–H groups in total. The number of carbonyl (C=O) groups is 2. The van der Waals surface area contributed by atoms with Crippen molar-refractivity contribution >= 4 is 28.9 Å². The second-order valence-corrected chi connectivity index (χ2v) is 6.39. The number of anilines is 1. The van der Waals surface area contributed by atoms with Crippen molar-refractivity contribution in [3.05, 3.63) is 107 Å². The number of carbonyl (C=O) groups excluding carboxylic acids is 2. The highest BCUT2D eigenvalue weighted by molar-refractivity contribution is 6.31. The van der Waals surface area contributed by atoms with Crippen LogP contribution in [-0.2, 0) is 0 Å². The smallest absolute Gasteiger partial charge is 0.195 e. The first-order valence-electron chi connectivity index (χ1n) is 8.59. The van der Waals surface area contributed by atoms with Gasteiger partial charge in [0.1, 0.15) is 5.75 Å². The number of ketones is 2. The third-order valence-electron chi connectivity index (χ3n) is 4.11. The number of allylic oxidation sites excluding steroid dienone is 1. The Morgan fingerprint density at radius 1 is 0.929 bits per heavy atom. The number of rotatable bonds is 7. The fraction of sp³-hybridized carbons (Fsp3) is 0.0435. The van der Waals surface area contributed by atoms with E-state index in [-0.39, 0.29) is 11.6 Å². The lowest BCUT2D eigenvalue weighted by atomic mass is 10.0. The average Bonchev–Trinajstić information content (AvgIpc) is 2.74. The largest absolute Gasteiger partial charge is 0.497 e. The minimum Gasteiger partial charge on any atom is -0.497 e. The predicted octanol–water partition coefficient (Wildman–Crippen LogP) is 5.39. The van der Waals surface area contributed by atoms with E-state index < -0.39 is 0 Å². The van der Waals surface area contributed by atoms with Crippen LogP contribution in [0, 0.1) is 0 Å². The molecule has 0 aliphatic rings. The monoisotopic (exact) mass is 391 g/mol.